The largest absolute Gasteiger partial charge is 0.486 e. The van der Waals surface area contributed by atoms with Gasteiger partial charge in [-0.15, -0.1) is 0 Å². The van der Waals surface area contributed by atoms with E-state index in [-0.39, 0.29) is 5.75 Å². The molecule has 2 aromatic carbocycles. The Bertz CT molecular complexity index is 779. The standard InChI is InChI=1S/C18H15F3N2O/c1-12(14-5-3-4-13(8-14)11-23-2)24-16-7-6-15(10-22)17(9-16)18(19,20)21/h3-9,12H,2,11H2,1H3. The summed E-state index contributed by atoms with van der Waals surface area (Å²) in [7, 11) is 0. The lowest BCUT2D eigenvalue weighted by Crippen LogP contribution is -2.09. The van der Waals surface area contributed by atoms with E-state index in [0.717, 1.165) is 23.3 Å². The fourth-order valence-corrected chi connectivity index (χ4v) is 2.27. The Morgan fingerprint density at radius 2 is 2.00 bits per heavy atom. The van der Waals surface area contributed by atoms with Crippen molar-refractivity contribution in [3.8, 4) is 11.8 Å². The number of ether oxygens (including phenoxy) is 1. The molecule has 0 aliphatic rings. The minimum Gasteiger partial charge on any atom is -0.486 e. The molecule has 0 N–H and O–H groups in total. The fourth-order valence-electron chi connectivity index (χ4n) is 2.27. The van der Waals surface area contributed by atoms with Gasteiger partial charge in [-0.05, 0) is 43.0 Å². The van der Waals surface area contributed by atoms with Gasteiger partial charge < -0.3 is 4.74 Å². The minimum absolute atomic E-state index is 0.0565. The summed E-state index contributed by atoms with van der Waals surface area (Å²) in [4.78, 5) is 3.80. The number of hydrogen-bond donors (Lipinski definition) is 0. The molecule has 0 aromatic heterocycles. The van der Waals surface area contributed by atoms with Crippen LogP contribution < -0.4 is 4.74 Å². The molecular weight excluding hydrogens is 317 g/mol. The molecule has 2 rings (SSSR count). The molecule has 1 atom stereocenters. The molecule has 0 aliphatic carbocycles. The predicted octanol–water partition coefficient (Wildman–Crippen LogP) is 4.92. The van der Waals surface area contributed by atoms with E-state index in [1.165, 1.54) is 6.07 Å². The van der Waals surface area contributed by atoms with Crippen LogP contribution in [0.5, 0.6) is 5.75 Å². The van der Waals surface area contributed by atoms with Crippen LogP contribution in [0, 0.1) is 11.3 Å². The van der Waals surface area contributed by atoms with Gasteiger partial charge in [-0.2, -0.15) is 18.4 Å². The molecule has 0 spiro atoms. The summed E-state index contributed by atoms with van der Waals surface area (Å²) < 4.78 is 44.6. The van der Waals surface area contributed by atoms with Crippen molar-refractivity contribution in [1.82, 2.24) is 0 Å². The zero-order valence-electron chi connectivity index (χ0n) is 13.0. The van der Waals surface area contributed by atoms with Crippen LogP contribution in [0.1, 0.15) is 35.3 Å². The number of halogens is 3. The molecule has 0 aliphatic heterocycles. The molecule has 1 unspecified atom stereocenters. The van der Waals surface area contributed by atoms with E-state index in [1.54, 1.807) is 13.0 Å². The van der Waals surface area contributed by atoms with Crippen LogP contribution in [-0.4, -0.2) is 6.72 Å². The Hall–Kier alpha value is -2.81. The smallest absolute Gasteiger partial charge is 0.417 e. The van der Waals surface area contributed by atoms with E-state index in [2.05, 4.69) is 11.7 Å². The Labute approximate surface area is 138 Å². The first-order valence-corrected chi connectivity index (χ1v) is 7.14. The third-order valence-electron chi connectivity index (χ3n) is 3.44. The highest BCUT2D eigenvalue weighted by atomic mass is 19.4. The number of nitrogens with zero attached hydrogens (tertiary/aromatic N) is 2. The van der Waals surface area contributed by atoms with Crippen molar-refractivity contribution >= 4 is 6.72 Å². The minimum atomic E-state index is -4.61. The number of alkyl halides is 3. The van der Waals surface area contributed by atoms with Gasteiger partial charge in [-0.1, -0.05) is 24.3 Å². The van der Waals surface area contributed by atoms with Crippen LogP contribution >= 0.6 is 0 Å². The monoisotopic (exact) mass is 332 g/mol. The van der Waals surface area contributed by atoms with Gasteiger partial charge in [0.15, 0.2) is 0 Å². The second kappa shape index (κ2) is 7.18. The van der Waals surface area contributed by atoms with Crippen molar-refractivity contribution in [2.45, 2.75) is 25.7 Å². The molecule has 0 amide bonds. The molecule has 6 heteroatoms. The summed E-state index contributed by atoms with van der Waals surface area (Å²) in [6.07, 6.45) is -5.06. The van der Waals surface area contributed by atoms with Crippen molar-refractivity contribution in [2.24, 2.45) is 4.99 Å². The molecular formula is C18H15F3N2O. The number of aliphatic imine (C=N–C) groups is 1. The molecule has 0 fully saturated rings. The first-order valence-electron chi connectivity index (χ1n) is 7.14. The fraction of sp³-hybridized carbons (Fsp3) is 0.222. The highest BCUT2D eigenvalue weighted by Gasteiger charge is 2.34. The maximum atomic E-state index is 13.0. The lowest BCUT2D eigenvalue weighted by Gasteiger charge is -2.17. The van der Waals surface area contributed by atoms with E-state index < -0.39 is 23.4 Å². The van der Waals surface area contributed by atoms with Crippen molar-refractivity contribution < 1.29 is 17.9 Å². The van der Waals surface area contributed by atoms with E-state index >= 15 is 0 Å². The van der Waals surface area contributed by atoms with Gasteiger partial charge in [0.1, 0.15) is 11.9 Å². The topological polar surface area (TPSA) is 45.4 Å². The zero-order chi connectivity index (χ0) is 17.7. The number of benzene rings is 2. The average Bonchev–Trinajstić information content (AvgIpc) is 2.54. The van der Waals surface area contributed by atoms with Crippen LogP contribution in [0.4, 0.5) is 13.2 Å². The zero-order valence-corrected chi connectivity index (χ0v) is 13.0. The van der Waals surface area contributed by atoms with Gasteiger partial charge in [-0.25, -0.2) is 0 Å². The molecule has 0 bridgehead atoms. The van der Waals surface area contributed by atoms with Crippen molar-refractivity contribution in [2.75, 3.05) is 0 Å². The van der Waals surface area contributed by atoms with E-state index in [0.29, 0.717) is 6.54 Å². The van der Waals surface area contributed by atoms with Crippen LogP contribution in [0.25, 0.3) is 0 Å². The highest BCUT2D eigenvalue weighted by Crippen LogP contribution is 2.35. The molecule has 0 saturated heterocycles. The second-order valence-electron chi connectivity index (χ2n) is 5.20. The summed E-state index contributed by atoms with van der Waals surface area (Å²) in [6, 6.07) is 12.3. The van der Waals surface area contributed by atoms with Gasteiger partial charge in [-0.3, -0.25) is 4.99 Å². The van der Waals surface area contributed by atoms with Crippen molar-refractivity contribution in [3.63, 3.8) is 0 Å². The van der Waals surface area contributed by atoms with Crippen LogP contribution in [0.3, 0.4) is 0 Å². The van der Waals surface area contributed by atoms with E-state index in [9.17, 15) is 13.2 Å². The predicted molar refractivity (Wildman–Crippen MR) is 84.9 cm³/mol. The lowest BCUT2D eigenvalue weighted by atomic mass is 10.1. The van der Waals surface area contributed by atoms with E-state index in [4.69, 9.17) is 10.00 Å². The Kier molecular flexibility index (Phi) is 5.24. The van der Waals surface area contributed by atoms with Crippen molar-refractivity contribution in [1.29, 1.82) is 5.26 Å². The molecule has 24 heavy (non-hydrogen) atoms. The molecule has 0 heterocycles. The van der Waals surface area contributed by atoms with E-state index in [1.807, 2.05) is 24.3 Å². The lowest BCUT2D eigenvalue weighted by molar-refractivity contribution is -0.137. The third kappa shape index (κ3) is 4.13. The molecule has 124 valence electrons. The normalized spacial score (nSPS) is 12.3. The van der Waals surface area contributed by atoms with Crippen LogP contribution in [-0.2, 0) is 12.7 Å². The first kappa shape index (κ1) is 17.5. The maximum Gasteiger partial charge on any atom is 0.417 e. The van der Waals surface area contributed by atoms with Gasteiger partial charge >= 0.3 is 6.18 Å². The summed E-state index contributed by atoms with van der Waals surface area (Å²) in [5.41, 5.74) is 0.323. The summed E-state index contributed by atoms with van der Waals surface area (Å²) in [5, 5.41) is 8.81. The van der Waals surface area contributed by atoms with Gasteiger partial charge in [0.05, 0.1) is 23.7 Å². The molecule has 0 saturated carbocycles. The Balaban J connectivity index is 2.26. The van der Waals surface area contributed by atoms with Crippen LogP contribution in [0.15, 0.2) is 47.5 Å². The number of hydrogen-bond acceptors (Lipinski definition) is 3. The molecule has 0 radical (unpaired) electrons. The Morgan fingerprint density at radius 3 is 2.62 bits per heavy atom. The maximum absolute atomic E-state index is 13.0. The van der Waals surface area contributed by atoms with Gasteiger partial charge in [0, 0.05) is 0 Å². The highest BCUT2D eigenvalue weighted by molar-refractivity contribution is 5.44. The summed E-state index contributed by atoms with van der Waals surface area (Å²) >= 11 is 0. The summed E-state index contributed by atoms with van der Waals surface area (Å²) in [5.74, 6) is 0.0565. The van der Waals surface area contributed by atoms with Crippen LogP contribution in [0.2, 0.25) is 0 Å². The molecule has 2 aromatic rings. The quantitative estimate of drug-likeness (QED) is 0.730. The van der Waals surface area contributed by atoms with Crippen molar-refractivity contribution in [3.05, 3.63) is 64.7 Å². The average molecular weight is 332 g/mol. The number of rotatable bonds is 5. The SMILES string of the molecule is C=NCc1cccc(C(C)Oc2ccc(C#N)c(C(F)(F)F)c2)c1. The summed E-state index contributed by atoms with van der Waals surface area (Å²) in [6.45, 7) is 5.63. The Morgan fingerprint density at radius 1 is 1.25 bits per heavy atom. The molecule has 3 nitrogen and oxygen atoms in total. The second-order valence-corrected chi connectivity index (χ2v) is 5.20. The third-order valence-corrected chi connectivity index (χ3v) is 3.44. The number of nitriles is 1. The van der Waals surface area contributed by atoms with Gasteiger partial charge in [0.2, 0.25) is 0 Å². The first-order chi connectivity index (χ1) is 11.3. The van der Waals surface area contributed by atoms with Gasteiger partial charge in [0.25, 0.3) is 0 Å².